The first-order valence-corrected chi connectivity index (χ1v) is 28.0. The number of hydrogen-bond donors (Lipinski definition) is 1. The number of aliphatic hydroxyl groups is 1. The molecule has 0 aliphatic rings. The zero-order valence-electron chi connectivity index (χ0n) is 42.4. The van der Waals surface area contributed by atoms with Gasteiger partial charge in [-0.05, 0) is 70.6 Å². The molecule has 1 unspecified atom stereocenters. The van der Waals surface area contributed by atoms with Gasteiger partial charge in [0.1, 0.15) is 6.61 Å². The molecule has 1 atom stereocenters. The summed E-state index contributed by atoms with van der Waals surface area (Å²) in [6.45, 7) is 4.14. The third-order valence-corrected chi connectivity index (χ3v) is 12.7. The molecular weight excluding hydrogens is 777 g/mol. The van der Waals surface area contributed by atoms with Crippen molar-refractivity contribution in [3.05, 3.63) is 36.5 Å². The summed E-state index contributed by atoms with van der Waals surface area (Å²) < 4.78 is 10.7. The van der Waals surface area contributed by atoms with Crippen LogP contribution in [0, 0.1) is 0 Å². The van der Waals surface area contributed by atoms with E-state index in [9.17, 15) is 14.7 Å². The lowest BCUT2D eigenvalue weighted by atomic mass is 10.0. The third-order valence-electron chi connectivity index (χ3n) is 12.7. The topological polar surface area (TPSA) is 72.8 Å². The first-order chi connectivity index (χ1) is 31.1. The SMILES string of the molecule is CCCCCC/C=C\C/C=C\CCCCCCCC(=O)OC(CO)COC(=O)CCCCCCCCCCCCCCCCCCCCCCC/C=C\CCCCCCCCCC. The molecule has 0 aliphatic carbocycles. The summed E-state index contributed by atoms with van der Waals surface area (Å²) in [6, 6.07) is 0. The Morgan fingerprint density at radius 3 is 0.968 bits per heavy atom. The van der Waals surface area contributed by atoms with Crippen molar-refractivity contribution < 1.29 is 24.2 Å². The van der Waals surface area contributed by atoms with Crippen LogP contribution in [0.4, 0.5) is 0 Å². The van der Waals surface area contributed by atoms with E-state index in [4.69, 9.17) is 9.47 Å². The van der Waals surface area contributed by atoms with E-state index in [1.54, 1.807) is 0 Å². The number of rotatable bonds is 52. The van der Waals surface area contributed by atoms with Gasteiger partial charge in [0.2, 0.25) is 0 Å². The molecule has 0 rings (SSSR count). The third kappa shape index (κ3) is 52.6. The van der Waals surface area contributed by atoms with E-state index in [0.717, 1.165) is 51.4 Å². The van der Waals surface area contributed by atoms with Crippen LogP contribution in [0.2, 0.25) is 0 Å². The Morgan fingerprint density at radius 2 is 0.635 bits per heavy atom. The standard InChI is InChI=1S/C58H108O5/c1-3-5-7-9-11-13-15-17-19-21-22-23-24-25-26-27-28-29-30-31-32-33-34-35-36-37-39-40-42-44-46-48-50-52-57(60)62-55-56(54-59)63-58(61)53-51-49-47-45-43-41-38-20-18-16-14-12-10-8-6-4-2/h14,16,20-22,38,56,59H,3-13,15,17-19,23-37,39-55H2,1-2H3/b16-14-,22-21-,38-20-. The van der Waals surface area contributed by atoms with E-state index in [2.05, 4.69) is 50.3 Å². The van der Waals surface area contributed by atoms with Crippen LogP contribution in [0.1, 0.15) is 303 Å². The number of allylic oxidation sites excluding steroid dienone is 6. The van der Waals surface area contributed by atoms with Crippen molar-refractivity contribution in [3.63, 3.8) is 0 Å². The van der Waals surface area contributed by atoms with Gasteiger partial charge in [-0.3, -0.25) is 9.59 Å². The highest BCUT2D eigenvalue weighted by Crippen LogP contribution is 2.17. The van der Waals surface area contributed by atoms with Crippen LogP contribution in [0.15, 0.2) is 36.5 Å². The minimum atomic E-state index is -0.777. The molecule has 0 fully saturated rings. The van der Waals surface area contributed by atoms with Crippen molar-refractivity contribution in [1.82, 2.24) is 0 Å². The van der Waals surface area contributed by atoms with Crippen LogP contribution in [0.5, 0.6) is 0 Å². The molecule has 5 nitrogen and oxygen atoms in total. The number of unbranched alkanes of at least 4 members (excludes halogenated alkanes) is 38. The molecule has 0 aromatic heterocycles. The molecule has 0 bridgehead atoms. The highest BCUT2D eigenvalue weighted by molar-refractivity contribution is 5.70. The summed E-state index contributed by atoms with van der Waals surface area (Å²) >= 11 is 0. The monoisotopic (exact) mass is 885 g/mol. The fourth-order valence-electron chi connectivity index (χ4n) is 8.41. The number of esters is 2. The molecule has 0 aliphatic heterocycles. The second-order valence-corrected chi connectivity index (χ2v) is 19.0. The van der Waals surface area contributed by atoms with Crippen molar-refractivity contribution in [3.8, 4) is 0 Å². The molecule has 0 aromatic rings. The number of carbonyl (C=O) groups is 2. The predicted octanol–water partition coefficient (Wildman–Crippen LogP) is 18.7. The second kappa shape index (κ2) is 54.5. The first kappa shape index (κ1) is 61.1. The Balaban J connectivity index is 3.41. The van der Waals surface area contributed by atoms with Crippen LogP contribution in [0.3, 0.4) is 0 Å². The minimum absolute atomic E-state index is 0.0678. The van der Waals surface area contributed by atoms with Gasteiger partial charge >= 0.3 is 11.9 Å². The summed E-state index contributed by atoms with van der Waals surface area (Å²) in [5.74, 6) is -0.593. The summed E-state index contributed by atoms with van der Waals surface area (Å²) in [7, 11) is 0. The van der Waals surface area contributed by atoms with E-state index in [0.29, 0.717) is 12.8 Å². The first-order valence-electron chi connectivity index (χ1n) is 28.0. The Bertz CT molecular complexity index is 1000. The van der Waals surface area contributed by atoms with E-state index in [-0.39, 0.29) is 25.2 Å². The van der Waals surface area contributed by atoms with Gasteiger partial charge in [-0.1, -0.05) is 256 Å². The van der Waals surface area contributed by atoms with Gasteiger partial charge in [0.25, 0.3) is 0 Å². The number of carbonyl (C=O) groups excluding carboxylic acids is 2. The average molecular weight is 885 g/mol. The quantitative estimate of drug-likeness (QED) is 0.0374. The zero-order chi connectivity index (χ0) is 45.6. The molecule has 63 heavy (non-hydrogen) atoms. The molecule has 1 N–H and O–H groups in total. The Morgan fingerprint density at radius 1 is 0.365 bits per heavy atom. The summed E-state index contributed by atoms with van der Waals surface area (Å²) in [5, 5.41) is 9.62. The van der Waals surface area contributed by atoms with Crippen LogP contribution in [-0.2, 0) is 19.1 Å². The average Bonchev–Trinajstić information content (AvgIpc) is 3.29. The number of aliphatic hydroxyl groups excluding tert-OH is 1. The molecule has 0 aromatic carbocycles. The lowest BCUT2D eigenvalue weighted by molar-refractivity contribution is -0.161. The van der Waals surface area contributed by atoms with E-state index in [1.807, 2.05) is 0 Å². The van der Waals surface area contributed by atoms with Gasteiger partial charge < -0.3 is 14.6 Å². The lowest BCUT2D eigenvalue weighted by Gasteiger charge is -2.15. The highest BCUT2D eigenvalue weighted by atomic mass is 16.6. The predicted molar refractivity (Wildman–Crippen MR) is 274 cm³/mol. The van der Waals surface area contributed by atoms with Gasteiger partial charge in [0, 0.05) is 12.8 Å². The zero-order valence-corrected chi connectivity index (χ0v) is 42.4. The van der Waals surface area contributed by atoms with Crippen molar-refractivity contribution in [2.45, 2.75) is 309 Å². The Labute approximate surface area is 393 Å². The van der Waals surface area contributed by atoms with Gasteiger partial charge in [-0.15, -0.1) is 0 Å². The van der Waals surface area contributed by atoms with Crippen LogP contribution < -0.4 is 0 Å². The second-order valence-electron chi connectivity index (χ2n) is 19.0. The molecular formula is C58H108O5. The smallest absolute Gasteiger partial charge is 0.306 e. The molecule has 5 heteroatoms. The minimum Gasteiger partial charge on any atom is -0.462 e. The maximum absolute atomic E-state index is 12.2. The fourth-order valence-corrected chi connectivity index (χ4v) is 8.41. The van der Waals surface area contributed by atoms with Crippen molar-refractivity contribution in [1.29, 1.82) is 0 Å². The summed E-state index contributed by atoms with van der Waals surface area (Å²) in [6.07, 6.45) is 69.9. The van der Waals surface area contributed by atoms with Crippen molar-refractivity contribution in [2.24, 2.45) is 0 Å². The molecule has 0 saturated carbocycles. The van der Waals surface area contributed by atoms with Crippen LogP contribution in [-0.4, -0.2) is 36.4 Å². The molecule has 0 radical (unpaired) electrons. The normalized spacial score (nSPS) is 12.4. The maximum atomic E-state index is 12.2. The largest absolute Gasteiger partial charge is 0.462 e. The molecule has 0 heterocycles. The van der Waals surface area contributed by atoms with Gasteiger partial charge in [0.05, 0.1) is 6.61 Å². The van der Waals surface area contributed by atoms with Crippen LogP contribution in [0.25, 0.3) is 0 Å². The number of ether oxygens (including phenoxy) is 2. The van der Waals surface area contributed by atoms with E-state index < -0.39 is 6.10 Å². The molecule has 370 valence electrons. The highest BCUT2D eigenvalue weighted by Gasteiger charge is 2.16. The Hall–Kier alpha value is -1.88. The van der Waals surface area contributed by atoms with E-state index in [1.165, 1.54) is 225 Å². The summed E-state index contributed by atoms with van der Waals surface area (Å²) in [5.41, 5.74) is 0. The Kier molecular flexibility index (Phi) is 52.8. The maximum Gasteiger partial charge on any atom is 0.306 e. The lowest BCUT2D eigenvalue weighted by Crippen LogP contribution is -2.28. The summed E-state index contributed by atoms with van der Waals surface area (Å²) in [4.78, 5) is 24.4. The number of hydrogen-bond acceptors (Lipinski definition) is 5. The van der Waals surface area contributed by atoms with Gasteiger partial charge in [-0.2, -0.15) is 0 Å². The molecule has 0 saturated heterocycles. The van der Waals surface area contributed by atoms with Crippen molar-refractivity contribution >= 4 is 11.9 Å². The fraction of sp³-hybridized carbons (Fsp3) is 0.862. The molecule has 0 spiro atoms. The van der Waals surface area contributed by atoms with E-state index >= 15 is 0 Å². The van der Waals surface area contributed by atoms with Crippen LogP contribution >= 0.6 is 0 Å². The van der Waals surface area contributed by atoms with Crippen molar-refractivity contribution in [2.75, 3.05) is 13.2 Å². The molecule has 0 amide bonds. The van der Waals surface area contributed by atoms with Gasteiger partial charge in [0.15, 0.2) is 6.10 Å². The van der Waals surface area contributed by atoms with Gasteiger partial charge in [-0.25, -0.2) is 0 Å².